The maximum absolute atomic E-state index is 12.2. The lowest BCUT2D eigenvalue weighted by Gasteiger charge is -2.34. The summed E-state index contributed by atoms with van der Waals surface area (Å²) >= 11 is 0. The van der Waals surface area contributed by atoms with Crippen LogP contribution < -0.4 is 10.9 Å². The van der Waals surface area contributed by atoms with E-state index in [-0.39, 0.29) is 23.3 Å². The third-order valence-corrected chi connectivity index (χ3v) is 3.50. The van der Waals surface area contributed by atoms with E-state index >= 15 is 0 Å². The fraction of sp³-hybridized carbons (Fsp3) is 0.500. The summed E-state index contributed by atoms with van der Waals surface area (Å²) < 4.78 is 0. The predicted molar refractivity (Wildman–Crippen MR) is 73.3 cm³/mol. The number of carbonyl (C=O) groups excluding carboxylic acids is 2. The van der Waals surface area contributed by atoms with Crippen LogP contribution in [0.15, 0.2) is 23.9 Å². The molecule has 10 nitrogen and oxygen atoms in total. The summed E-state index contributed by atoms with van der Waals surface area (Å²) in [7, 11) is 3.32. The largest absolute Gasteiger partial charge is 0.379 e. The van der Waals surface area contributed by atoms with Crippen LogP contribution >= 0.6 is 0 Å². The number of nitrogens with one attached hydrogen (secondary N) is 2. The quantitative estimate of drug-likeness (QED) is 0.612. The van der Waals surface area contributed by atoms with Gasteiger partial charge in [0.2, 0.25) is 11.5 Å². The van der Waals surface area contributed by atoms with Crippen molar-refractivity contribution >= 4 is 11.8 Å². The molecule has 1 saturated heterocycles. The second-order valence-electron chi connectivity index (χ2n) is 5.04. The van der Waals surface area contributed by atoms with E-state index in [1.165, 1.54) is 22.7 Å². The summed E-state index contributed by atoms with van der Waals surface area (Å²) in [5, 5.41) is 2.70. The fourth-order valence-corrected chi connectivity index (χ4v) is 2.33. The molecule has 0 radical (unpaired) electrons. The van der Waals surface area contributed by atoms with Gasteiger partial charge >= 0.3 is 0 Å². The summed E-state index contributed by atoms with van der Waals surface area (Å²) in [6.45, 7) is 1.80. The fourth-order valence-electron chi connectivity index (χ4n) is 2.33. The highest BCUT2D eigenvalue weighted by Crippen LogP contribution is 2.14. The van der Waals surface area contributed by atoms with Gasteiger partial charge in [0.25, 0.3) is 11.8 Å². The van der Waals surface area contributed by atoms with Gasteiger partial charge in [-0.05, 0) is 0 Å². The Bertz CT molecular complexity index is 492. The van der Waals surface area contributed by atoms with E-state index in [4.69, 9.17) is 9.68 Å². The summed E-state index contributed by atoms with van der Waals surface area (Å²) in [6.07, 6.45) is 3.02. The third-order valence-electron chi connectivity index (χ3n) is 3.50. The van der Waals surface area contributed by atoms with Crippen molar-refractivity contribution in [1.82, 2.24) is 31.0 Å². The van der Waals surface area contributed by atoms with Crippen LogP contribution in [0, 0.1) is 0 Å². The highest BCUT2D eigenvalue weighted by molar-refractivity contribution is 5.93. The highest BCUT2D eigenvalue weighted by atomic mass is 16.7. The topological polar surface area (TPSA) is 89.6 Å². The number of hydrogen-bond acceptors (Lipinski definition) is 8. The first kappa shape index (κ1) is 14.5. The van der Waals surface area contributed by atoms with E-state index in [0.29, 0.717) is 26.2 Å². The Labute approximate surface area is 127 Å². The van der Waals surface area contributed by atoms with Crippen LogP contribution in [-0.4, -0.2) is 72.2 Å². The first-order valence-electron chi connectivity index (χ1n) is 6.89. The van der Waals surface area contributed by atoms with E-state index in [1.54, 1.807) is 23.9 Å². The van der Waals surface area contributed by atoms with Crippen molar-refractivity contribution in [3.63, 3.8) is 0 Å². The van der Waals surface area contributed by atoms with Crippen molar-refractivity contribution < 1.29 is 19.3 Å². The molecule has 0 atom stereocenters. The van der Waals surface area contributed by atoms with Crippen LogP contribution in [-0.2, 0) is 19.3 Å². The normalized spacial score (nSPS) is 22.3. The van der Waals surface area contributed by atoms with Crippen LogP contribution in [0.3, 0.4) is 0 Å². The molecular weight excluding hydrogens is 292 g/mol. The number of piperazine rings is 1. The first-order valence-corrected chi connectivity index (χ1v) is 6.89. The standard InChI is InChI=1S/C12H18N6O4/c1-15-13-7-9(21-15)11(19)17-3-5-18(6-4-17)12(20)10-8-14-16(2)22-10/h7-8,13-14H,3-6H2,1-2H3. The molecule has 22 heavy (non-hydrogen) atoms. The molecular formula is C12H18N6O4. The predicted octanol–water partition coefficient (Wildman–Crippen LogP) is -1.90. The molecule has 0 aliphatic carbocycles. The zero-order chi connectivity index (χ0) is 15.7. The average molecular weight is 310 g/mol. The molecule has 10 heteroatoms. The molecule has 2 amide bonds. The van der Waals surface area contributed by atoms with E-state index in [2.05, 4.69) is 10.9 Å². The maximum atomic E-state index is 12.2. The van der Waals surface area contributed by atoms with E-state index in [1.807, 2.05) is 0 Å². The lowest BCUT2D eigenvalue weighted by atomic mass is 10.2. The number of nitrogens with zero attached hydrogens (tertiary/aromatic N) is 4. The summed E-state index contributed by atoms with van der Waals surface area (Å²) in [5.74, 6) is 0.105. The summed E-state index contributed by atoms with van der Waals surface area (Å²) in [4.78, 5) is 38.2. The highest BCUT2D eigenvalue weighted by Gasteiger charge is 2.31. The van der Waals surface area contributed by atoms with Crippen molar-refractivity contribution in [3.8, 4) is 0 Å². The molecule has 0 bridgehead atoms. The molecule has 0 aromatic heterocycles. The smallest absolute Gasteiger partial charge is 0.293 e. The molecule has 3 aliphatic rings. The first-order chi connectivity index (χ1) is 10.5. The van der Waals surface area contributed by atoms with Crippen LogP contribution in [0.4, 0.5) is 0 Å². The van der Waals surface area contributed by atoms with Gasteiger partial charge in [0.1, 0.15) is 0 Å². The summed E-state index contributed by atoms with van der Waals surface area (Å²) in [5.41, 5.74) is 5.52. The molecule has 120 valence electrons. The van der Waals surface area contributed by atoms with Crippen molar-refractivity contribution in [3.05, 3.63) is 23.9 Å². The van der Waals surface area contributed by atoms with Crippen LogP contribution in [0.2, 0.25) is 0 Å². The molecule has 3 heterocycles. The van der Waals surface area contributed by atoms with Gasteiger partial charge in [0, 0.05) is 40.3 Å². The number of amides is 2. The van der Waals surface area contributed by atoms with Gasteiger partial charge in [-0.3, -0.25) is 20.4 Å². The minimum absolute atomic E-state index is 0.193. The van der Waals surface area contributed by atoms with Crippen molar-refractivity contribution in [2.75, 3.05) is 40.3 Å². The van der Waals surface area contributed by atoms with Crippen molar-refractivity contribution in [2.45, 2.75) is 0 Å². The van der Waals surface area contributed by atoms with E-state index in [9.17, 15) is 9.59 Å². The number of hydrogen-bond donors (Lipinski definition) is 2. The molecule has 0 aromatic rings. The Morgan fingerprint density at radius 1 is 0.864 bits per heavy atom. The zero-order valence-electron chi connectivity index (χ0n) is 12.4. The van der Waals surface area contributed by atoms with E-state index in [0.717, 1.165) is 0 Å². The molecule has 3 rings (SSSR count). The Balaban J connectivity index is 1.52. The molecule has 0 spiro atoms. The van der Waals surface area contributed by atoms with Gasteiger partial charge in [-0.1, -0.05) is 10.3 Å². The number of carbonyl (C=O) groups is 2. The molecule has 0 unspecified atom stereocenters. The molecule has 2 N–H and O–H groups in total. The van der Waals surface area contributed by atoms with Gasteiger partial charge in [0.15, 0.2) is 0 Å². The van der Waals surface area contributed by atoms with Gasteiger partial charge in [-0.25, -0.2) is 0 Å². The molecule has 1 fully saturated rings. The maximum Gasteiger partial charge on any atom is 0.293 e. The number of rotatable bonds is 2. The molecule has 3 aliphatic heterocycles. The second-order valence-corrected chi connectivity index (χ2v) is 5.04. The van der Waals surface area contributed by atoms with Gasteiger partial charge in [-0.2, -0.15) is 0 Å². The minimum atomic E-state index is -0.193. The number of hydroxylamine groups is 2. The second kappa shape index (κ2) is 5.73. The SMILES string of the molecule is CN1NC=C(C(=O)N2CCN(C(=O)C3=CNN(C)O3)CC2)O1. The Hall–Kier alpha value is -2.46. The Morgan fingerprint density at radius 2 is 1.23 bits per heavy atom. The Morgan fingerprint density at radius 3 is 1.50 bits per heavy atom. The summed E-state index contributed by atoms with van der Waals surface area (Å²) in [6, 6.07) is 0. The average Bonchev–Trinajstić information content (AvgIpc) is 3.14. The molecule has 0 saturated carbocycles. The Kier molecular flexibility index (Phi) is 3.77. The van der Waals surface area contributed by atoms with Gasteiger partial charge in [-0.15, -0.1) is 0 Å². The third kappa shape index (κ3) is 2.78. The lowest BCUT2D eigenvalue weighted by molar-refractivity contribution is -0.152. The van der Waals surface area contributed by atoms with Crippen molar-refractivity contribution in [1.29, 1.82) is 0 Å². The van der Waals surface area contributed by atoms with Crippen LogP contribution in [0.25, 0.3) is 0 Å². The van der Waals surface area contributed by atoms with Gasteiger partial charge < -0.3 is 19.5 Å². The monoisotopic (exact) mass is 310 g/mol. The van der Waals surface area contributed by atoms with Crippen molar-refractivity contribution in [2.24, 2.45) is 0 Å². The van der Waals surface area contributed by atoms with Crippen LogP contribution in [0.5, 0.6) is 0 Å². The zero-order valence-corrected chi connectivity index (χ0v) is 12.4. The van der Waals surface area contributed by atoms with E-state index < -0.39 is 0 Å². The minimum Gasteiger partial charge on any atom is -0.379 e. The molecule has 0 aromatic carbocycles. The van der Waals surface area contributed by atoms with Crippen LogP contribution in [0.1, 0.15) is 0 Å². The lowest BCUT2D eigenvalue weighted by Crippen LogP contribution is -2.51. The number of hydrazine groups is 2. The van der Waals surface area contributed by atoms with Gasteiger partial charge in [0.05, 0.1) is 12.4 Å².